The SMILES string of the molecule is CC(C)OCCCNC(=O)c1ccc(N2CCCCC2)cc1. The molecule has 1 N–H and O–H groups in total. The summed E-state index contributed by atoms with van der Waals surface area (Å²) >= 11 is 0. The number of nitrogens with one attached hydrogen (secondary N) is 1. The summed E-state index contributed by atoms with van der Waals surface area (Å²) in [6.07, 6.45) is 4.95. The van der Waals surface area contributed by atoms with Crippen molar-refractivity contribution in [3.05, 3.63) is 29.8 Å². The van der Waals surface area contributed by atoms with E-state index >= 15 is 0 Å². The highest BCUT2D eigenvalue weighted by atomic mass is 16.5. The van der Waals surface area contributed by atoms with Gasteiger partial charge in [-0.05, 0) is 63.8 Å². The largest absolute Gasteiger partial charge is 0.379 e. The molecule has 0 radical (unpaired) electrons. The molecule has 22 heavy (non-hydrogen) atoms. The van der Waals surface area contributed by atoms with Gasteiger partial charge >= 0.3 is 0 Å². The van der Waals surface area contributed by atoms with E-state index in [1.165, 1.54) is 24.9 Å². The van der Waals surface area contributed by atoms with Crippen LogP contribution in [0.15, 0.2) is 24.3 Å². The van der Waals surface area contributed by atoms with Crippen LogP contribution in [0.4, 0.5) is 5.69 Å². The third kappa shape index (κ3) is 5.34. The van der Waals surface area contributed by atoms with E-state index < -0.39 is 0 Å². The molecule has 0 bridgehead atoms. The van der Waals surface area contributed by atoms with E-state index in [4.69, 9.17) is 4.74 Å². The van der Waals surface area contributed by atoms with E-state index in [9.17, 15) is 4.79 Å². The van der Waals surface area contributed by atoms with Gasteiger partial charge in [0.1, 0.15) is 0 Å². The van der Waals surface area contributed by atoms with Crippen molar-refractivity contribution in [2.75, 3.05) is 31.1 Å². The first-order chi connectivity index (χ1) is 10.7. The molecule has 1 aromatic rings. The average molecular weight is 304 g/mol. The monoisotopic (exact) mass is 304 g/mol. The average Bonchev–Trinajstić information content (AvgIpc) is 2.55. The van der Waals surface area contributed by atoms with Gasteiger partial charge in [0.05, 0.1) is 6.10 Å². The predicted molar refractivity (Wildman–Crippen MR) is 90.5 cm³/mol. The number of piperidine rings is 1. The van der Waals surface area contributed by atoms with Crippen molar-refractivity contribution >= 4 is 11.6 Å². The molecule has 0 atom stereocenters. The fourth-order valence-corrected chi connectivity index (χ4v) is 2.67. The van der Waals surface area contributed by atoms with Crippen LogP contribution in [0.25, 0.3) is 0 Å². The molecule has 0 aliphatic carbocycles. The van der Waals surface area contributed by atoms with Crippen molar-refractivity contribution in [2.24, 2.45) is 0 Å². The Balaban J connectivity index is 1.75. The van der Waals surface area contributed by atoms with Crippen LogP contribution in [0.3, 0.4) is 0 Å². The summed E-state index contributed by atoms with van der Waals surface area (Å²) in [5.41, 5.74) is 1.95. The molecule has 4 nitrogen and oxygen atoms in total. The third-order valence-corrected chi connectivity index (χ3v) is 3.91. The van der Waals surface area contributed by atoms with Crippen LogP contribution in [-0.2, 0) is 4.74 Å². The van der Waals surface area contributed by atoms with E-state index in [0.29, 0.717) is 13.2 Å². The zero-order valence-electron chi connectivity index (χ0n) is 13.8. The zero-order valence-corrected chi connectivity index (χ0v) is 13.8. The lowest BCUT2D eigenvalue weighted by Gasteiger charge is -2.28. The number of amides is 1. The lowest BCUT2D eigenvalue weighted by atomic mass is 10.1. The van der Waals surface area contributed by atoms with Gasteiger partial charge < -0.3 is 15.0 Å². The van der Waals surface area contributed by atoms with Crippen LogP contribution in [0, 0.1) is 0 Å². The highest BCUT2D eigenvalue weighted by Crippen LogP contribution is 2.20. The molecular weight excluding hydrogens is 276 g/mol. The quantitative estimate of drug-likeness (QED) is 0.786. The molecule has 0 saturated carbocycles. The Morgan fingerprint density at radius 2 is 1.86 bits per heavy atom. The van der Waals surface area contributed by atoms with Gasteiger partial charge in [-0.3, -0.25) is 4.79 Å². The molecule has 122 valence electrons. The zero-order chi connectivity index (χ0) is 15.8. The lowest BCUT2D eigenvalue weighted by molar-refractivity contribution is 0.0757. The fraction of sp³-hybridized carbons (Fsp3) is 0.611. The van der Waals surface area contributed by atoms with Crippen molar-refractivity contribution in [2.45, 2.75) is 45.6 Å². The first kappa shape index (κ1) is 16.8. The summed E-state index contributed by atoms with van der Waals surface area (Å²) in [4.78, 5) is 14.5. The first-order valence-electron chi connectivity index (χ1n) is 8.41. The highest BCUT2D eigenvalue weighted by molar-refractivity contribution is 5.94. The fourth-order valence-electron chi connectivity index (χ4n) is 2.67. The number of ether oxygens (including phenoxy) is 1. The second kappa shape index (κ2) is 8.79. The van der Waals surface area contributed by atoms with Crippen LogP contribution in [-0.4, -0.2) is 38.3 Å². The number of carbonyl (C=O) groups excluding carboxylic acids is 1. The van der Waals surface area contributed by atoms with Crippen LogP contribution in [0.5, 0.6) is 0 Å². The summed E-state index contributed by atoms with van der Waals surface area (Å²) in [6, 6.07) is 7.96. The highest BCUT2D eigenvalue weighted by Gasteiger charge is 2.11. The maximum Gasteiger partial charge on any atom is 0.251 e. The van der Waals surface area contributed by atoms with Gasteiger partial charge in [-0.2, -0.15) is 0 Å². The van der Waals surface area contributed by atoms with Crippen LogP contribution < -0.4 is 10.2 Å². The number of anilines is 1. The minimum atomic E-state index is -0.00487. The molecule has 1 fully saturated rings. The van der Waals surface area contributed by atoms with E-state index in [-0.39, 0.29) is 12.0 Å². The topological polar surface area (TPSA) is 41.6 Å². The molecule has 0 unspecified atom stereocenters. The lowest BCUT2D eigenvalue weighted by Crippen LogP contribution is -2.29. The Morgan fingerprint density at radius 3 is 2.50 bits per heavy atom. The molecule has 2 rings (SSSR count). The molecule has 1 aliphatic heterocycles. The van der Waals surface area contributed by atoms with Crippen molar-refractivity contribution < 1.29 is 9.53 Å². The number of benzene rings is 1. The molecule has 1 aliphatic rings. The van der Waals surface area contributed by atoms with E-state index in [0.717, 1.165) is 25.1 Å². The minimum Gasteiger partial charge on any atom is -0.379 e. The van der Waals surface area contributed by atoms with E-state index in [2.05, 4.69) is 22.3 Å². The van der Waals surface area contributed by atoms with Gasteiger partial charge in [0.2, 0.25) is 0 Å². The van der Waals surface area contributed by atoms with E-state index in [1.54, 1.807) is 0 Å². The number of rotatable bonds is 7. The van der Waals surface area contributed by atoms with Gasteiger partial charge in [0.15, 0.2) is 0 Å². The molecule has 1 heterocycles. The Labute approximate surface area is 133 Å². The second-order valence-electron chi connectivity index (χ2n) is 6.12. The third-order valence-electron chi connectivity index (χ3n) is 3.91. The first-order valence-corrected chi connectivity index (χ1v) is 8.41. The molecular formula is C18H28N2O2. The van der Waals surface area contributed by atoms with Crippen LogP contribution in [0.1, 0.15) is 49.9 Å². The van der Waals surface area contributed by atoms with E-state index in [1.807, 2.05) is 26.0 Å². The van der Waals surface area contributed by atoms with Gasteiger partial charge in [-0.1, -0.05) is 0 Å². The van der Waals surface area contributed by atoms with Crippen molar-refractivity contribution in [1.29, 1.82) is 0 Å². The number of hydrogen-bond acceptors (Lipinski definition) is 3. The maximum absolute atomic E-state index is 12.1. The van der Waals surface area contributed by atoms with Crippen molar-refractivity contribution in [3.8, 4) is 0 Å². The van der Waals surface area contributed by atoms with Gasteiger partial charge in [-0.25, -0.2) is 0 Å². The Bertz CT molecular complexity index is 451. The van der Waals surface area contributed by atoms with Crippen LogP contribution >= 0.6 is 0 Å². The molecule has 1 aromatic carbocycles. The number of carbonyl (C=O) groups is 1. The van der Waals surface area contributed by atoms with Crippen molar-refractivity contribution in [3.63, 3.8) is 0 Å². The summed E-state index contributed by atoms with van der Waals surface area (Å²) in [6.45, 7) is 7.62. The Kier molecular flexibility index (Phi) is 6.72. The second-order valence-corrected chi connectivity index (χ2v) is 6.12. The van der Waals surface area contributed by atoms with Gasteiger partial charge in [0.25, 0.3) is 5.91 Å². The molecule has 0 aromatic heterocycles. The Morgan fingerprint density at radius 1 is 1.18 bits per heavy atom. The normalized spacial score (nSPS) is 15.1. The smallest absolute Gasteiger partial charge is 0.251 e. The standard InChI is InChI=1S/C18H28N2O2/c1-15(2)22-14-6-11-19-18(21)16-7-9-17(10-8-16)20-12-4-3-5-13-20/h7-10,15H,3-6,11-14H2,1-2H3,(H,19,21). The van der Waals surface area contributed by atoms with Crippen molar-refractivity contribution in [1.82, 2.24) is 5.32 Å². The molecule has 4 heteroatoms. The number of nitrogens with zero attached hydrogens (tertiary/aromatic N) is 1. The summed E-state index contributed by atoms with van der Waals surface area (Å²) in [5, 5.41) is 2.94. The van der Waals surface area contributed by atoms with Crippen LogP contribution in [0.2, 0.25) is 0 Å². The maximum atomic E-state index is 12.1. The predicted octanol–water partition coefficient (Wildman–Crippen LogP) is 3.22. The Hall–Kier alpha value is -1.55. The minimum absolute atomic E-state index is 0.00487. The summed E-state index contributed by atoms with van der Waals surface area (Å²) in [5.74, 6) is -0.00487. The molecule has 1 amide bonds. The number of hydrogen-bond donors (Lipinski definition) is 1. The molecule has 0 spiro atoms. The van der Waals surface area contributed by atoms with Gasteiger partial charge in [-0.15, -0.1) is 0 Å². The summed E-state index contributed by atoms with van der Waals surface area (Å²) < 4.78 is 5.46. The summed E-state index contributed by atoms with van der Waals surface area (Å²) in [7, 11) is 0. The van der Waals surface area contributed by atoms with Gasteiger partial charge in [0, 0.05) is 37.5 Å². The molecule has 1 saturated heterocycles.